The quantitative estimate of drug-likeness (QED) is 0.826. The van der Waals surface area contributed by atoms with Gasteiger partial charge in [-0.25, -0.2) is 13.1 Å². The molecule has 134 valence electrons. The Balaban J connectivity index is 1.85. The number of carbonyl (C=O) groups excluding carboxylic acids is 1. The fraction of sp³-hybridized carbons (Fsp3) is 0.611. The third-order valence-corrected chi connectivity index (χ3v) is 5.87. The van der Waals surface area contributed by atoms with Crippen molar-refractivity contribution < 1.29 is 13.2 Å². The molecule has 0 aliphatic heterocycles. The van der Waals surface area contributed by atoms with Crippen molar-refractivity contribution in [1.29, 1.82) is 0 Å². The van der Waals surface area contributed by atoms with E-state index in [-0.39, 0.29) is 35.2 Å². The molecular formula is C18H28N2O3S. The molecule has 0 aromatic heterocycles. The van der Waals surface area contributed by atoms with Crippen molar-refractivity contribution in [2.24, 2.45) is 0 Å². The monoisotopic (exact) mass is 352 g/mol. The molecule has 0 spiro atoms. The molecule has 5 nitrogen and oxygen atoms in total. The summed E-state index contributed by atoms with van der Waals surface area (Å²) in [5, 5.41) is 2.96. The lowest BCUT2D eigenvalue weighted by atomic mass is 9.87. The predicted octanol–water partition coefficient (Wildman–Crippen LogP) is 2.71. The zero-order valence-electron chi connectivity index (χ0n) is 14.8. The van der Waals surface area contributed by atoms with E-state index >= 15 is 0 Å². The van der Waals surface area contributed by atoms with Crippen molar-refractivity contribution in [3.8, 4) is 0 Å². The Morgan fingerprint density at radius 3 is 2.25 bits per heavy atom. The van der Waals surface area contributed by atoms with Gasteiger partial charge in [-0.1, -0.05) is 45.7 Å². The van der Waals surface area contributed by atoms with Gasteiger partial charge in [-0.2, -0.15) is 0 Å². The van der Waals surface area contributed by atoms with E-state index in [2.05, 4.69) is 30.8 Å². The highest BCUT2D eigenvalue weighted by Gasteiger charge is 2.19. The van der Waals surface area contributed by atoms with E-state index in [1.54, 1.807) is 12.1 Å². The lowest BCUT2D eigenvalue weighted by molar-refractivity contribution is -0.121. The molecule has 1 aromatic carbocycles. The van der Waals surface area contributed by atoms with Gasteiger partial charge < -0.3 is 5.32 Å². The fourth-order valence-electron chi connectivity index (χ4n) is 2.89. The second-order valence-electron chi connectivity index (χ2n) is 7.47. The van der Waals surface area contributed by atoms with E-state index in [0.717, 1.165) is 31.2 Å². The summed E-state index contributed by atoms with van der Waals surface area (Å²) < 4.78 is 27.1. The summed E-state index contributed by atoms with van der Waals surface area (Å²) >= 11 is 0. The Bertz CT molecular complexity index is 654. The summed E-state index contributed by atoms with van der Waals surface area (Å²) in [6, 6.07) is 7.16. The predicted molar refractivity (Wildman–Crippen MR) is 95.3 cm³/mol. The smallest absolute Gasteiger partial charge is 0.240 e. The van der Waals surface area contributed by atoms with Crippen LogP contribution in [-0.4, -0.2) is 26.9 Å². The van der Waals surface area contributed by atoms with Crippen LogP contribution >= 0.6 is 0 Å². The Hall–Kier alpha value is -1.40. The first-order valence-corrected chi connectivity index (χ1v) is 10.1. The Morgan fingerprint density at radius 1 is 1.12 bits per heavy atom. The molecule has 0 atom stereocenters. The zero-order valence-corrected chi connectivity index (χ0v) is 15.6. The highest BCUT2D eigenvalue weighted by atomic mass is 32.2. The molecule has 24 heavy (non-hydrogen) atoms. The third-order valence-electron chi connectivity index (χ3n) is 4.40. The van der Waals surface area contributed by atoms with Crippen molar-refractivity contribution in [3.05, 3.63) is 29.8 Å². The van der Waals surface area contributed by atoms with Crippen LogP contribution in [0.15, 0.2) is 29.2 Å². The topological polar surface area (TPSA) is 75.3 Å². The van der Waals surface area contributed by atoms with Gasteiger partial charge in [0.2, 0.25) is 15.9 Å². The summed E-state index contributed by atoms with van der Waals surface area (Å²) in [7, 11) is -3.58. The highest BCUT2D eigenvalue weighted by Crippen LogP contribution is 2.23. The number of sulfonamides is 1. The molecule has 2 rings (SSSR count). The largest absolute Gasteiger partial charge is 0.353 e. The number of rotatable bonds is 6. The lowest BCUT2D eigenvalue weighted by Crippen LogP contribution is -2.35. The van der Waals surface area contributed by atoms with Crippen LogP contribution in [0.25, 0.3) is 0 Å². The maximum atomic E-state index is 12.3. The number of amides is 1. The molecule has 0 radical (unpaired) electrons. The van der Waals surface area contributed by atoms with Gasteiger partial charge in [0.05, 0.1) is 4.90 Å². The van der Waals surface area contributed by atoms with Crippen molar-refractivity contribution in [2.75, 3.05) is 6.54 Å². The normalized spacial score (nSPS) is 16.3. The number of hydrogen-bond acceptors (Lipinski definition) is 3. The molecule has 2 N–H and O–H groups in total. The SMILES string of the molecule is CC(C)(C)c1ccc(S(=O)(=O)NCCC(=O)NC2CCCC2)cc1. The van der Waals surface area contributed by atoms with Gasteiger partial charge in [-0.05, 0) is 36.0 Å². The van der Waals surface area contributed by atoms with Crippen LogP contribution in [0.2, 0.25) is 0 Å². The van der Waals surface area contributed by atoms with Crippen molar-refractivity contribution >= 4 is 15.9 Å². The summed E-state index contributed by atoms with van der Waals surface area (Å²) in [6.45, 7) is 6.36. The molecule has 1 saturated carbocycles. The van der Waals surface area contributed by atoms with E-state index in [9.17, 15) is 13.2 Å². The fourth-order valence-corrected chi connectivity index (χ4v) is 3.92. The summed E-state index contributed by atoms with van der Waals surface area (Å²) in [6.07, 6.45) is 4.52. The second-order valence-corrected chi connectivity index (χ2v) is 9.24. The second kappa shape index (κ2) is 7.66. The summed E-state index contributed by atoms with van der Waals surface area (Å²) in [5.74, 6) is -0.0901. The number of benzene rings is 1. The average Bonchev–Trinajstić information content (AvgIpc) is 2.99. The van der Waals surface area contributed by atoms with Gasteiger partial charge in [0.25, 0.3) is 0 Å². The van der Waals surface area contributed by atoms with Crippen molar-refractivity contribution in [1.82, 2.24) is 10.0 Å². The molecule has 1 amide bonds. The molecule has 0 bridgehead atoms. The van der Waals surface area contributed by atoms with Crippen LogP contribution in [0, 0.1) is 0 Å². The Kier molecular flexibility index (Phi) is 6.04. The standard InChI is InChI=1S/C18H28N2O3S/c1-18(2,3)14-8-10-16(11-9-14)24(22,23)19-13-12-17(21)20-15-6-4-5-7-15/h8-11,15,19H,4-7,12-13H2,1-3H3,(H,20,21). The highest BCUT2D eigenvalue weighted by molar-refractivity contribution is 7.89. The third kappa shape index (κ3) is 5.31. The number of carbonyl (C=O) groups is 1. The first-order valence-electron chi connectivity index (χ1n) is 8.58. The first-order chi connectivity index (χ1) is 11.2. The van der Waals surface area contributed by atoms with Gasteiger partial charge >= 0.3 is 0 Å². The number of nitrogens with one attached hydrogen (secondary N) is 2. The van der Waals surface area contributed by atoms with Crippen molar-refractivity contribution in [2.45, 2.75) is 69.2 Å². The summed E-state index contributed by atoms with van der Waals surface area (Å²) in [5.41, 5.74) is 1.06. The van der Waals surface area contributed by atoms with E-state index in [4.69, 9.17) is 0 Å². The minimum atomic E-state index is -3.58. The molecule has 1 fully saturated rings. The van der Waals surface area contributed by atoms with Gasteiger partial charge in [0.15, 0.2) is 0 Å². The van der Waals surface area contributed by atoms with E-state index in [1.165, 1.54) is 0 Å². The molecule has 0 unspecified atom stereocenters. The zero-order chi connectivity index (χ0) is 17.8. The Morgan fingerprint density at radius 2 is 1.71 bits per heavy atom. The van der Waals surface area contributed by atoms with Gasteiger partial charge in [-0.3, -0.25) is 4.79 Å². The minimum Gasteiger partial charge on any atom is -0.353 e. The molecular weight excluding hydrogens is 324 g/mol. The first kappa shape index (κ1) is 18.9. The molecule has 1 aliphatic carbocycles. The van der Waals surface area contributed by atoms with E-state index in [1.807, 2.05) is 12.1 Å². The minimum absolute atomic E-state index is 0.0198. The van der Waals surface area contributed by atoms with Gasteiger partial charge in [0, 0.05) is 19.0 Å². The molecule has 0 heterocycles. The maximum absolute atomic E-state index is 12.3. The van der Waals surface area contributed by atoms with E-state index < -0.39 is 10.0 Å². The van der Waals surface area contributed by atoms with Crippen LogP contribution in [0.3, 0.4) is 0 Å². The van der Waals surface area contributed by atoms with Crippen molar-refractivity contribution in [3.63, 3.8) is 0 Å². The molecule has 0 saturated heterocycles. The average molecular weight is 353 g/mol. The molecule has 1 aromatic rings. The molecule has 6 heteroatoms. The number of hydrogen-bond donors (Lipinski definition) is 2. The van der Waals surface area contributed by atoms with Gasteiger partial charge in [0.1, 0.15) is 0 Å². The maximum Gasteiger partial charge on any atom is 0.240 e. The van der Waals surface area contributed by atoms with E-state index in [0.29, 0.717) is 0 Å². The summed E-state index contributed by atoms with van der Waals surface area (Å²) in [4.78, 5) is 12.1. The van der Waals surface area contributed by atoms with Crippen LogP contribution < -0.4 is 10.0 Å². The van der Waals surface area contributed by atoms with Crippen LogP contribution in [0.4, 0.5) is 0 Å². The van der Waals surface area contributed by atoms with Gasteiger partial charge in [-0.15, -0.1) is 0 Å². The molecule has 1 aliphatic rings. The Labute approximate surface area is 145 Å². The lowest BCUT2D eigenvalue weighted by Gasteiger charge is -2.19. The van der Waals surface area contributed by atoms with Crippen LogP contribution in [0.5, 0.6) is 0 Å². The van der Waals surface area contributed by atoms with Crippen LogP contribution in [-0.2, 0) is 20.2 Å². The van der Waals surface area contributed by atoms with Crippen LogP contribution in [0.1, 0.15) is 58.4 Å².